The second kappa shape index (κ2) is 7.23. The number of aromatic nitrogens is 4. The van der Waals surface area contributed by atoms with Crippen molar-refractivity contribution in [3.63, 3.8) is 0 Å². The first-order valence-corrected chi connectivity index (χ1v) is 8.81. The van der Waals surface area contributed by atoms with Crippen LogP contribution in [0.1, 0.15) is 0 Å². The van der Waals surface area contributed by atoms with Gasteiger partial charge in [0.15, 0.2) is 11.5 Å². The molecule has 2 aromatic carbocycles. The van der Waals surface area contributed by atoms with Crippen molar-refractivity contribution in [1.82, 2.24) is 19.5 Å². The fraction of sp³-hybridized carbons (Fsp3) is 0.143. The molecule has 0 aliphatic rings. The van der Waals surface area contributed by atoms with Gasteiger partial charge in [-0.05, 0) is 48.5 Å². The molecule has 0 spiro atoms. The summed E-state index contributed by atoms with van der Waals surface area (Å²) in [4.78, 5) is 36.7. The van der Waals surface area contributed by atoms with Crippen molar-refractivity contribution in [3.8, 4) is 34.1 Å². The highest BCUT2D eigenvalue weighted by molar-refractivity contribution is 5.91. The molecular weight excluding hydrogens is 372 g/mol. The second-order valence-electron chi connectivity index (χ2n) is 6.37. The number of H-pyrrole nitrogens is 1. The van der Waals surface area contributed by atoms with E-state index in [1.54, 1.807) is 38.5 Å². The Morgan fingerprint density at radius 1 is 0.828 bits per heavy atom. The number of nitrogens with one attached hydrogen (secondary N) is 1. The number of rotatable bonds is 4. The van der Waals surface area contributed by atoms with E-state index >= 15 is 0 Å². The van der Waals surface area contributed by atoms with Gasteiger partial charge in [0.05, 0.1) is 19.9 Å². The molecule has 0 radical (unpaired) electrons. The van der Waals surface area contributed by atoms with Crippen LogP contribution in [0.5, 0.6) is 11.5 Å². The van der Waals surface area contributed by atoms with E-state index in [1.807, 2.05) is 24.3 Å². The number of hydrogen-bond donors (Lipinski definition) is 1. The molecular formula is C21H18N4O4. The number of hydrogen-bond acceptors (Lipinski definition) is 6. The molecule has 8 heteroatoms. The molecule has 0 saturated heterocycles. The molecule has 0 bridgehead atoms. The first-order chi connectivity index (χ1) is 14.0. The standard InChI is InChI=1S/C21H18N4O4/c1-25-20(26)16-17(12-4-8-14(28-2)9-5-12)22-18(23-19(16)24-21(25)27)13-6-10-15(29-3)11-7-13/h4-11H,1-3H3,(H,22,23,24,27). The smallest absolute Gasteiger partial charge is 0.329 e. The van der Waals surface area contributed by atoms with Crippen LogP contribution in [-0.4, -0.2) is 33.7 Å². The van der Waals surface area contributed by atoms with Gasteiger partial charge in [-0.2, -0.15) is 0 Å². The van der Waals surface area contributed by atoms with Crippen molar-refractivity contribution < 1.29 is 9.47 Å². The van der Waals surface area contributed by atoms with Gasteiger partial charge in [0, 0.05) is 18.2 Å². The van der Waals surface area contributed by atoms with Crippen LogP contribution in [0.25, 0.3) is 33.7 Å². The summed E-state index contributed by atoms with van der Waals surface area (Å²) in [5.41, 5.74) is 1.05. The predicted octanol–water partition coefficient (Wildman–Crippen LogP) is 2.37. The van der Waals surface area contributed by atoms with Crippen LogP contribution in [0.4, 0.5) is 0 Å². The van der Waals surface area contributed by atoms with Gasteiger partial charge in [0.25, 0.3) is 5.56 Å². The van der Waals surface area contributed by atoms with Crippen molar-refractivity contribution in [1.29, 1.82) is 0 Å². The van der Waals surface area contributed by atoms with E-state index in [4.69, 9.17) is 9.47 Å². The average molecular weight is 390 g/mol. The summed E-state index contributed by atoms with van der Waals surface area (Å²) >= 11 is 0. The number of nitrogens with zero attached hydrogens (tertiary/aromatic N) is 3. The first kappa shape index (κ1) is 18.4. The highest BCUT2D eigenvalue weighted by Crippen LogP contribution is 2.28. The molecule has 0 fully saturated rings. The Kier molecular flexibility index (Phi) is 4.59. The van der Waals surface area contributed by atoms with Gasteiger partial charge in [-0.1, -0.05) is 0 Å². The Labute approximate surface area is 165 Å². The van der Waals surface area contributed by atoms with Gasteiger partial charge >= 0.3 is 5.69 Å². The van der Waals surface area contributed by atoms with Crippen molar-refractivity contribution in [2.45, 2.75) is 0 Å². The topological polar surface area (TPSA) is 99.1 Å². The monoisotopic (exact) mass is 390 g/mol. The predicted molar refractivity (Wildman–Crippen MR) is 109 cm³/mol. The molecule has 0 atom stereocenters. The Balaban J connectivity index is 2.03. The van der Waals surface area contributed by atoms with Gasteiger partial charge in [0.2, 0.25) is 0 Å². The maximum atomic E-state index is 12.8. The molecule has 29 heavy (non-hydrogen) atoms. The lowest BCUT2D eigenvalue weighted by Gasteiger charge is -2.10. The zero-order valence-electron chi connectivity index (χ0n) is 16.1. The van der Waals surface area contributed by atoms with Crippen molar-refractivity contribution in [2.24, 2.45) is 7.05 Å². The third-order valence-electron chi connectivity index (χ3n) is 4.67. The highest BCUT2D eigenvalue weighted by atomic mass is 16.5. The third kappa shape index (κ3) is 3.25. The van der Waals surface area contributed by atoms with Crippen LogP contribution in [0.2, 0.25) is 0 Å². The van der Waals surface area contributed by atoms with E-state index in [1.165, 1.54) is 7.05 Å². The summed E-state index contributed by atoms with van der Waals surface area (Å²) in [6.45, 7) is 0. The number of fused-ring (bicyclic) bond motifs is 1. The molecule has 2 heterocycles. The van der Waals surface area contributed by atoms with Gasteiger partial charge < -0.3 is 9.47 Å². The highest BCUT2D eigenvalue weighted by Gasteiger charge is 2.17. The maximum absolute atomic E-state index is 12.8. The molecule has 0 amide bonds. The van der Waals surface area contributed by atoms with Crippen molar-refractivity contribution in [2.75, 3.05) is 14.2 Å². The fourth-order valence-corrected chi connectivity index (χ4v) is 3.03. The Morgan fingerprint density at radius 3 is 1.93 bits per heavy atom. The van der Waals surface area contributed by atoms with Crippen molar-refractivity contribution in [3.05, 3.63) is 69.4 Å². The number of ether oxygens (including phenoxy) is 2. The Bertz CT molecular complexity index is 1310. The minimum Gasteiger partial charge on any atom is -0.497 e. The van der Waals surface area contributed by atoms with Crippen LogP contribution in [0.3, 0.4) is 0 Å². The lowest BCUT2D eigenvalue weighted by molar-refractivity contribution is 0.415. The minimum absolute atomic E-state index is 0.185. The summed E-state index contributed by atoms with van der Waals surface area (Å²) < 4.78 is 11.4. The molecule has 0 aliphatic carbocycles. The van der Waals surface area contributed by atoms with E-state index in [9.17, 15) is 9.59 Å². The molecule has 1 N–H and O–H groups in total. The van der Waals surface area contributed by atoms with E-state index < -0.39 is 11.2 Å². The van der Waals surface area contributed by atoms with E-state index in [0.717, 1.165) is 10.1 Å². The van der Waals surface area contributed by atoms with E-state index in [2.05, 4.69) is 15.0 Å². The SMILES string of the molecule is COc1ccc(-c2nc(-c3ccc(OC)cc3)c3c(=O)n(C)c(=O)[nH]c3n2)cc1. The fourth-order valence-electron chi connectivity index (χ4n) is 3.03. The second-order valence-corrected chi connectivity index (χ2v) is 6.37. The normalized spacial score (nSPS) is 10.9. The quantitative estimate of drug-likeness (QED) is 0.574. The molecule has 0 saturated carbocycles. The summed E-state index contributed by atoms with van der Waals surface area (Å²) in [5, 5.41) is 0.245. The summed E-state index contributed by atoms with van der Waals surface area (Å²) in [6.07, 6.45) is 0. The van der Waals surface area contributed by atoms with Crippen molar-refractivity contribution >= 4 is 11.0 Å². The molecule has 8 nitrogen and oxygen atoms in total. The summed E-state index contributed by atoms with van der Waals surface area (Å²) in [6, 6.07) is 14.4. The molecule has 2 aromatic heterocycles. The number of aromatic amines is 1. The molecule has 4 aromatic rings. The van der Waals surface area contributed by atoms with Gasteiger partial charge in [0.1, 0.15) is 16.9 Å². The third-order valence-corrected chi connectivity index (χ3v) is 4.67. The lowest BCUT2D eigenvalue weighted by Crippen LogP contribution is -2.33. The largest absolute Gasteiger partial charge is 0.497 e. The van der Waals surface area contributed by atoms with Crippen LogP contribution in [0.15, 0.2) is 58.1 Å². The van der Waals surface area contributed by atoms with Gasteiger partial charge in [-0.25, -0.2) is 14.8 Å². The minimum atomic E-state index is -0.539. The Morgan fingerprint density at radius 2 is 1.38 bits per heavy atom. The summed E-state index contributed by atoms with van der Waals surface area (Å²) in [5.74, 6) is 1.77. The number of benzene rings is 2. The van der Waals surface area contributed by atoms with Gasteiger partial charge in [-0.15, -0.1) is 0 Å². The first-order valence-electron chi connectivity index (χ1n) is 8.81. The van der Waals surface area contributed by atoms with E-state index in [-0.39, 0.29) is 11.0 Å². The maximum Gasteiger partial charge on any atom is 0.329 e. The van der Waals surface area contributed by atoms with Gasteiger partial charge in [-0.3, -0.25) is 14.3 Å². The zero-order valence-corrected chi connectivity index (χ0v) is 16.1. The Hall–Kier alpha value is -3.94. The molecule has 0 aliphatic heterocycles. The molecule has 4 rings (SSSR count). The van der Waals surface area contributed by atoms with Crippen LogP contribution >= 0.6 is 0 Å². The van der Waals surface area contributed by atoms with Crippen LogP contribution in [-0.2, 0) is 7.05 Å². The van der Waals surface area contributed by atoms with Crippen LogP contribution in [0, 0.1) is 0 Å². The van der Waals surface area contributed by atoms with Crippen LogP contribution < -0.4 is 20.7 Å². The zero-order chi connectivity index (χ0) is 20.5. The molecule has 146 valence electrons. The van der Waals surface area contributed by atoms with E-state index in [0.29, 0.717) is 28.6 Å². The summed E-state index contributed by atoms with van der Waals surface area (Å²) in [7, 11) is 4.58. The lowest BCUT2D eigenvalue weighted by atomic mass is 10.1. The average Bonchev–Trinajstić information content (AvgIpc) is 2.77. The molecule has 0 unspecified atom stereocenters. The number of methoxy groups -OCH3 is 2.